The molecule has 0 aromatic heterocycles. The fraction of sp³-hybridized carbons (Fsp3) is 0.714. The van der Waals surface area contributed by atoms with E-state index in [1.165, 1.54) is 13.8 Å². The molecule has 0 saturated heterocycles. The number of hydrogen-bond acceptors (Lipinski definition) is 4. The largest absolute Gasteiger partial charge is 0.506 e. The minimum absolute atomic E-state index is 0.0877. The van der Waals surface area contributed by atoms with Crippen molar-refractivity contribution < 1.29 is 29.3 Å². The molecule has 76 valence electrons. The van der Waals surface area contributed by atoms with Crippen LogP contribution >= 0.6 is 0 Å². The molecule has 0 radical (unpaired) electrons. The van der Waals surface area contributed by atoms with Crippen LogP contribution in [0.3, 0.4) is 0 Å². The van der Waals surface area contributed by atoms with Gasteiger partial charge in [0.15, 0.2) is 0 Å². The highest BCUT2D eigenvalue weighted by atomic mass is 16.7. The van der Waals surface area contributed by atoms with Crippen LogP contribution in [0.5, 0.6) is 0 Å². The molecule has 0 aliphatic carbocycles. The topological polar surface area (TPSA) is 93.1 Å². The van der Waals surface area contributed by atoms with Gasteiger partial charge in [-0.1, -0.05) is 0 Å². The molecule has 0 rings (SSSR count). The first-order chi connectivity index (χ1) is 5.83. The Balaban J connectivity index is 3.75. The van der Waals surface area contributed by atoms with Crippen molar-refractivity contribution >= 4 is 12.3 Å². The van der Waals surface area contributed by atoms with E-state index < -0.39 is 17.9 Å². The summed E-state index contributed by atoms with van der Waals surface area (Å²) in [4.78, 5) is 20.1. The van der Waals surface area contributed by atoms with Crippen molar-refractivity contribution in [3.63, 3.8) is 0 Å². The summed E-state index contributed by atoms with van der Waals surface area (Å²) in [5, 5.41) is 16.4. The molecule has 0 atom stereocenters. The Morgan fingerprint density at radius 2 is 1.77 bits per heavy atom. The van der Waals surface area contributed by atoms with E-state index in [-0.39, 0.29) is 13.0 Å². The third-order valence-electron chi connectivity index (χ3n) is 1.29. The van der Waals surface area contributed by atoms with Crippen LogP contribution in [0.15, 0.2) is 0 Å². The van der Waals surface area contributed by atoms with Crippen LogP contribution in [0.25, 0.3) is 0 Å². The van der Waals surface area contributed by atoms with Gasteiger partial charge in [0.1, 0.15) is 5.60 Å². The second-order valence-electron chi connectivity index (χ2n) is 2.99. The monoisotopic (exact) mass is 192 g/mol. The van der Waals surface area contributed by atoms with E-state index in [1.54, 1.807) is 0 Å². The summed E-state index contributed by atoms with van der Waals surface area (Å²) in [5.74, 6) is 0. The van der Waals surface area contributed by atoms with E-state index in [0.717, 1.165) is 0 Å². The third-order valence-corrected chi connectivity index (χ3v) is 1.29. The van der Waals surface area contributed by atoms with Gasteiger partial charge in [-0.05, 0) is 13.8 Å². The molecule has 0 amide bonds. The van der Waals surface area contributed by atoms with Crippen LogP contribution in [0.4, 0.5) is 9.59 Å². The predicted octanol–water partition coefficient (Wildman–Crippen LogP) is 1.54. The maximum absolute atomic E-state index is 10.1. The summed E-state index contributed by atoms with van der Waals surface area (Å²) in [6, 6.07) is 0. The molecule has 13 heavy (non-hydrogen) atoms. The standard InChI is InChI=1S/C7H12O6/c1-7(2,13-6(10)11)3-4-12-5(8)9/h3-4H2,1-2H3,(H,8,9)(H,10,11). The Morgan fingerprint density at radius 1 is 1.23 bits per heavy atom. The molecule has 0 unspecified atom stereocenters. The lowest BCUT2D eigenvalue weighted by molar-refractivity contribution is -0.0137. The second-order valence-corrected chi connectivity index (χ2v) is 2.99. The lowest BCUT2D eigenvalue weighted by atomic mass is 10.1. The number of carbonyl (C=O) groups is 2. The highest BCUT2D eigenvalue weighted by molar-refractivity contribution is 5.57. The van der Waals surface area contributed by atoms with E-state index >= 15 is 0 Å². The molecule has 0 saturated carbocycles. The molecular weight excluding hydrogens is 180 g/mol. The molecule has 0 spiro atoms. The van der Waals surface area contributed by atoms with Crippen LogP contribution in [-0.2, 0) is 9.47 Å². The number of hydrogen-bond donors (Lipinski definition) is 2. The molecule has 0 aliphatic rings. The van der Waals surface area contributed by atoms with Crippen molar-refractivity contribution in [1.29, 1.82) is 0 Å². The first-order valence-corrected chi connectivity index (χ1v) is 3.61. The van der Waals surface area contributed by atoms with Crippen LogP contribution in [0.2, 0.25) is 0 Å². The minimum atomic E-state index is -1.39. The van der Waals surface area contributed by atoms with Gasteiger partial charge < -0.3 is 19.7 Å². The number of rotatable bonds is 4. The van der Waals surface area contributed by atoms with Crippen LogP contribution in [-0.4, -0.2) is 34.7 Å². The fourth-order valence-electron chi connectivity index (χ4n) is 0.672. The molecule has 6 nitrogen and oxygen atoms in total. The van der Waals surface area contributed by atoms with Gasteiger partial charge in [-0.2, -0.15) is 0 Å². The van der Waals surface area contributed by atoms with Gasteiger partial charge in [-0.15, -0.1) is 0 Å². The zero-order chi connectivity index (χ0) is 10.5. The van der Waals surface area contributed by atoms with Crippen molar-refractivity contribution in [3.05, 3.63) is 0 Å². The summed E-state index contributed by atoms with van der Waals surface area (Å²) >= 11 is 0. The first-order valence-electron chi connectivity index (χ1n) is 3.61. The molecule has 0 heterocycles. The van der Waals surface area contributed by atoms with Crippen molar-refractivity contribution in [2.75, 3.05) is 6.61 Å². The highest BCUT2D eigenvalue weighted by Crippen LogP contribution is 2.14. The summed E-state index contributed by atoms with van der Waals surface area (Å²) in [6.45, 7) is 2.98. The lowest BCUT2D eigenvalue weighted by Crippen LogP contribution is -2.29. The molecule has 0 aromatic rings. The molecule has 0 aromatic carbocycles. The van der Waals surface area contributed by atoms with E-state index in [0.29, 0.717) is 0 Å². The summed E-state index contributed by atoms with van der Waals surface area (Å²) in [5.41, 5.74) is -0.929. The molecular formula is C7H12O6. The van der Waals surface area contributed by atoms with Crippen LogP contribution in [0, 0.1) is 0 Å². The Labute approximate surface area is 75.1 Å². The first kappa shape index (κ1) is 11.5. The Morgan fingerprint density at radius 3 is 2.15 bits per heavy atom. The summed E-state index contributed by atoms with van der Waals surface area (Å²) in [7, 11) is 0. The van der Waals surface area contributed by atoms with Gasteiger partial charge in [0.05, 0.1) is 6.61 Å². The van der Waals surface area contributed by atoms with Gasteiger partial charge in [-0.25, -0.2) is 9.59 Å². The molecule has 2 N–H and O–H groups in total. The number of carboxylic acid groups (broad SMARTS) is 2. The van der Waals surface area contributed by atoms with Gasteiger partial charge in [0.25, 0.3) is 0 Å². The van der Waals surface area contributed by atoms with Gasteiger partial charge in [0.2, 0.25) is 0 Å². The van der Waals surface area contributed by atoms with Crippen molar-refractivity contribution in [2.24, 2.45) is 0 Å². The number of ether oxygens (including phenoxy) is 2. The van der Waals surface area contributed by atoms with E-state index in [4.69, 9.17) is 10.2 Å². The van der Waals surface area contributed by atoms with Crippen LogP contribution < -0.4 is 0 Å². The molecule has 0 fully saturated rings. The van der Waals surface area contributed by atoms with Crippen molar-refractivity contribution in [3.8, 4) is 0 Å². The zero-order valence-corrected chi connectivity index (χ0v) is 7.44. The van der Waals surface area contributed by atoms with Gasteiger partial charge >= 0.3 is 12.3 Å². The Hall–Kier alpha value is -1.46. The summed E-state index contributed by atoms with van der Waals surface area (Å²) in [6.07, 6.45) is -2.59. The zero-order valence-electron chi connectivity index (χ0n) is 7.44. The van der Waals surface area contributed by atoms with Gasteiger partial charge in [-0.3, -0.25) is 0 Å². The van der Waals surface area contributed by atoms with E-state index in [2.05, 4.69) is 9.47 Å². The highest BCUT2D eigenvalue weighted by Gasteiger charge is 2.22. The Bertz CT molecular complexity index is 197. The van der Waals surface area contributed by atoms with E-state index in [9.17, 15) is 9.59 Å². The minimum Gasteiger partial charge on any atom is -0.450 e. The fourth-order valence-corrected chi connectivity index (χ4v) is 0.672. The Kier molecular flexibility index (Phi) is 4.03. The van der Waals surface area contributed by atoms with Crippen molar-refractivity contribution in [1.82, 2.24) is 0 Å². The SMILES string of the molecule is CC(C)(CCOC(=O)O)OC(=O)O. The summed E-state index contributed by atoms with van der Waals surface area (Å²) < 4.78 is 8.67. The maximum atomic E-state index is 10.1. The van der Waals surface area contributed by atoms with Crippen molar-refractivity contribution in [2.45, 2.75) is 25.9 Å². The third kappa shape index (κ3) is 6.92. The quantitative estimate of drug-likeness (QED) is 0.656. The second kappa shape index (κ2) is 4.54. The lowest BCUT2D eigenvalue weighted by Gasteiger charge is -2.22. The molecule has 6 heteroatoms. The average molecular weight is 192 g/mol. The van der Waals surface area contributed by atoms with E-state index in [1.807, 2.05) is 0 Å². The molecule has 0 aliphatic heterocycles. The average Bonchev–Trinajstić information content (AvgIpc) is 1.81. The van der Waals surface area contributed by atoms with Crippen LogP contribution in [0.1, 0.15) is 20.3 Å². The van der Waals surface area contributed by atoms with Gasteiger partial charge in [0, 0.05) is 6.42 Å². The maximum Gasteiger partial charge on any atom is 0.506 e. The molecule has 0 bridgehead atoms. The predicted molar refractivity (Wildman–Crippen MR) is 41.8 cm³/mol. The normalized spacial score (nSPS) is 10.6. The smallest absolute Gasteiger partial charge is 0.450 e.